The van der Waals surface area contributed by atoms with E-state index in [1.165, 1.54) is 0 Å². The monoisotopic (exact) mass is 335 g/mol. The Morgan fingerprint density at radius 3 is 2.48 bits per heavy atom. The molecule has 0 fully saturated rings. The molecular weight excluding hydrogens is 314 g/mol. The van der Waals surface area contributed by atoms with Gasteiger partial charge in [0.2, 0.25) is 5.91 Å². The van der Waals surface area contributed by atoms with Crippen LogP contribution in [0.5, 0.6) is 0 Å². The Morgan fingerprint density at radius 1 is 1.08 bits per heavy atom. The summed E-state index contributed by atoms with van der Waals surface area (Å²) in [5, 5.41) is 10.6. The first-order chi connectivity index (χ1) is 12.1. The molecule has 6 nitrogen and oxygen atoms in total. The second-order valence-corrected chi connectivity index (χ2v) is 6.08. The Morgan fingerprint density at radius 2 is 1.80 bits per heavy atom. The highest BCUT2D eigenvalue weighted by Crippen LogP contribution is 2.16. The molecule has 0 saturated carbocycles. The van der Waals surface area contributed by atoms with Gasteiger partial charge in [0.05, 0.1) is 11.7 Å². The van der Waals surface area contributed by atoms with Crippen LogP contribution in [0.15, 0.2) is 67.3 Å². The van der Waals surface area contributed by atoms with Crippen LogP contribution in [-0.2, 0) is 11.2 Å². The van der Waals surface area contributed by atoms with Gasteiger partial charge in [-0.15, -0.1) is 10.2 Å². The van der Waals surface area contributed by atoms with E-state index in [2.05, 4.69) is 15.5 Å². The van der Waals surface area contributed by atoms with Crippen LogP contribution in [0.4, 0.5) is 5.69 Å². The topological polar surface area (TPSA) is 63.1 Å². The van der Waals surface area contributed by atoms with Crippen molar-refractivity contribution in [1.29, 1.82) is 0 Å². The van der Waals surface area contributed by atoms with Crippen LogP contribution in [0.25, 0.3) is 5.69 Å². The predicted octanol–water partition coefficient (Wildman–Crippen LogP) is 2.38. The normalized spacial score (nSPS) is 12.1. The first-order valence-electron chi connectivity index (χ1n) is 8.10. The maximum Gasteiger partial charge on any atom is 0.242 e. The van der Waals surface area contributed by atoms with Gasteiger partial charge in [0, 0.05) is 5.69 Å². The third kappa shape index (κ3) is 4.30. The molecule has 0 aliphatic carbocycles. The van der Waals surface area contributed by atoms with Gasteiger partial charge in [0.1, 0.15) is 12.7 Å². The summed E-state index contributed by atoms with van der Waals surface area (Å²) in [5.74, 6) is -0.0326. The third-order valence-corrected chi connectivity index (χ3v) is 4.03. The van der Waals surface area contributed by atoms with Gasteiger partial charge in [-0.3, -0.25) is 14.3 Å². The largest absolute Gasteiger partial charge is 0.325 e. The van der Waals surface area contributed by atoms with Crippen LogP contribution in [0, 0.1) is 0 Å². The average molecular weight is 335 g/mol. The SMILES string of the molecule is CN(C)C(Cc1ccccc1)C(=O)Nc1cccc(-n2cnnc2)c1. The van der Waals surface area contributed by atoms with Gasteiger partial charge in [-0.1, -0.05) is 36.4 Å². The average Bonchev–Trinajstić information content (AvgIpc) is 3.15. The maximum atomic E-state index is 12.8. The first kappa shape index (κ1) is 16.9. The number of rotatable bonds is 6. The van der Waals surface area contributed by atoms with E-state index < -0.39 is 0 Å². The molecule has 0 aliphatic rings. The van der Waals surface area contributed by atoms with Crippen LogP contribution in [-0.4, -0.2) is 45.7 Å². The molecule has 1 atom stereocenters. The van der Waals surface area contributed by atoms with Gasteiger partial charge >= 0.3 is 0 Å². The summed E-state index contributed by atoms with van der Waals surface area (Å²) in [6, 6.07) is 17.4. The van der Waals surface area contributed by atoms with Crippen molar-refractivity contribution in [3.8, 4) is 5.69 Å². The molecule has 0 aliphatic heterocycles. The molecule has 6 heteroatoms. The molecule has 3 aromatic rings. The molecule has 1 unspecified atom stereocenters. The van der Waals surface area contributed by atoms with E-state index in [9.17, 15) is 4.79 Å². The molecule has 1 amide bonds. The minimum atomic E-state index is -0.249. The van der Waals surface area contributed by atoms with Crippen molar-refractivity contribution in [3.63, 3.8) is 0 Å². The fourth-order valence-electron chi connectivity index (χ4n) is 2.65. The summed E-state index contributed by atoms with van der Waals surface area (Å²) in [4.78, 5) is 14.7. The molecular formula is C19H21N5O. The van der Waals surface area contributed by atoms with Gasteiger partial charge < -0.3 is 5.32 Å². The molecule has 0 saturated heterocycles. The van der Waals surface area contributed by atoms with Gasteiger partial charge in [0.25, 0.3) is 0 Å². The zero-order chi connectivity index (χ0) is 17.6. The minimum absolute atomic E-state index is 0.0326. The number of amides is 1. The van der Waals surface area contributed by atoms with E-state index in [0.717, 1.165) is 16.9 Å². The van der Waals surface area contributed by atoms with Crippen molar-refractivity contribution in [1.82, 2.24) is 19.7 Å². The van der Waals surface area contributed by atoms with E-state index in [0.29, 0.717) is 6.42 Å². The van der Waals surface area contributed by atoms with Crippen molar-refractivity contribution in [2.45, 2.75) is 12.5 Å². The number of aromatic nitrogens is 3. The van der Waals surface area contributed by atoms with Crippen LogP contribution in [0.3, 0.4) is 0 Å². The third-order valence-electron chi connectivity index (χ3n) is 4.03. The molecule has 1 N–H and O–H groups in total. The quantitative estimate of drug-likeness (QED) is 0.751. The molecule has 0 bridgehead atoms. The van der Waals surface area contributed by atoms with Crippen LogP contribution >= 0.6 is 0 Å². The second-order valence-electron chi connectivity index (χ2n) is 6.08. The summed E-state index contributed by atoms with van der Waals surface area (Å²) in [5.41, 5.74) is 2.78. The smallest absolute Gasteiger partial charge is 0.242 e. The minimum Gasteiger partial charge on any atom is -0.325 e. The van der Waals surface area contributed by atoms with E-state index in [-0.39, 0.29) is 11.9 Å². The van der Waals surface area contributed by atoms with Crippen LogP contribution in [0.2, 0.25) is 0 Å². The number of nitrogens with zero attached hydrogens (tertiary/aromatic N) is 4. The molecule has 0 spiro atoms. The molecule has 128 valence electrons. The van der Waals surface area contributed by atoms with Crippen molar-refractivity contribution in [3.05, 3.63) is 72.8 Å². The fraction of sp³-hybridized carbons (Fsp3) is 0.211. The van der Waals surface area contributed by atoms with Gasteiger partial charge in [-0.05, 0) is 44.3 Å². The number of hydrogen-bond donors (Lipinski definition) is 1. The number of hydrogen-bond acceptors (Lipinski definition) is 4. The predicted molar refractivity (Wildman–Crippen MR) is 97.6 cm³/mol. The highest BCUT2D eigenvalue weighted by molar-refractivity contribution is 5.95. The maximum absolute atomic E-state index is 12.8. The summed E-state index contributed by atoms with van der Waals surface area (Å²) in [6.45, 7) is 0. The summed E-state index contributed by atoms with van der Waals surface area (Å²) in [6.07, 6.45) is 3.91. The number of likely N-dealkylation sites (N-methyl/N-ethyl adjacent to an activating group) is 1. The molecule has 1 aromatic heterocycles. The van der Waals surface area contributed by atoms with Gasteiger partial charge in [-0.2, -0.15) is 0 Å². The lowest BCUT2D eigenvalue weighted by Gasteiger charge is -2.23. The number of carbonyl (C=O) groups excluding carboxylic acids is 1. The molecule has 25 heavy (non-hydrogen) atoms. The van der Waals surface area contributed by atoms with E-state index >= 15 is 0 Å². The summed E-state index contributed by atoms with van der Waals surface area (Å²) in [7, 11) is 3.83. The van der Waals surface area contributed by atoms with Crippen molar-refractivity contribution < 1.29 is 4.79 Å². The molecule has 3 rings (SSSR count). The van der Waals surface area contributed by atoms with Gasteiger partial charge in [0.15, 0.2) is 0 Å². The lowest BCUT2D eigenvalue weighted by Crippen LogP contribution is -2.41. The number of benzene rings is 2. The van der Waals surface area contributed by atoms with E-state index in [1.54, 1.807) is 17.2 Å². The summed E-state index contributed by atoms with van der Waals surface area (Å²) >= 11 is 0. The second kappa shape index (κ2) is 7.72. The fourth-order valence-corrected chi connectivity index (χ4v) is 2.65. The highest BCUT2D eigenvalue weighted by Gasteiger charge is 2.21. The lowest BCUT2D eigenvalue weighted by molar-refractivity contribution is -0.120. The molecule has 0 radical (unpaired) electrons. The van der Waals surface area contributed by atoms with E-state index in [1.807, 2.05) is 73.6 Å². The number of nitrogens with one attached hydrogen (secondary N) is 1. The Hall–Kier alpha value is -2.99. The standard InChI is InChI=1S/C19H21N5O/c1-23(2)18(11-15-7-4-3-5-8-15)19(25)22-16-9-6-10-17(12-16)24-13-20-21-14-24/h3-10,12-14,18H,11H2,1-2H3,(H,22,25). The zero-order valence-electron chi connectivity index (χ0n) is 14.3. The highest BCUT2D eigenvalue weighted by atomic mass is 16.2. The lowest BCUT2D eigenvalue weighted by atomic mass is 10.0. The Balaban J connectivity index is 1.74. The number of carbonyl (C=O) groups is 1. The van der Waals surface area contributed by atoms with E-state index in [4.69, 9.17) is 0 Å². The van der Waals surface area contributed by atoms with Crippen molar-refractivity contribution >= 4 is 11.6 Å². The Bertz CT molecular complexity index is 815. The molecule has 2 aromatic carbocycles. The first-order valence-corrected chi connectivity index (χ1v) is 8.10. The van der Waals surface area contributed by atoms with Crippen molar-refractivity contribution in [2.75, 3.05) is 19.4 Å². The molecule has 1 heterocycles. The van der Waals surface area contributed by atoms with Crippen LogP contribution in [0.1, 0.15) is 5.56 Å². The Kier molecular flexibility index (Phi) is 5.20. The van der Waals surface area contributed by atoms with Gasteiger partial charge in [-0.25, -0.2) is 0 Å². The number of anilines is 1. The zero-order valence-corrected chi connectivity index (χ0v) is 14.3. The Labute approximate surface area is 147 Å². The summed E-state index contributed by atoms with van der Waals surface area (Å²) < 4.78 is 1.79. The van der Waals surface area contributed by atoms with Crippen LogP contribution < -0.4 is 5.32 Å². The van der Waals surface area contributed by atoms with Crippen molar-refractivity contribution in [2.24, 2.45) is 0 Å².